The molecule has 39 heavy (non-hydrogen) atoms. The van der Waals surface area contributed by atoms with Crippen molar-refractivity contribution in [3.63, 3.8) is 0 Å². The molecule has 8 nitrogen and oxygen atoms in total. The molecular formula is C30H46N4O4S. The molecule has 0 aliphatic heterocycles. The Morgan fingerprint density at radius 2 is 1.77 bits per heavy atom. The predicted molar refractivity (Wildman–Crippen MR) is 156 cm³/mol. The summed E-state index contributed by atoms with van der Waals surface area (Å²) in [5, 5.41) is 25.0. The number of thiazole rings is 1. The van der Waals surface area contributed by atoms with Crippen molar-refractivity contribution in [1.29, 1.82) is 0 Å². The largest absolute Gasteiger partial charge is 0.390 e. The maximum absolute atomic E-state index is 14.5. The lowest BCUT2D eigenvalue weighted by molar-refractivity contribution is -0.149. The third-order valence-electron chi connectivity index (χ3n) is 7.93. The van der Waals surface area contributed by atoms with Gasteiger partial charge < -0.3 is 26.6 Å². The first-order chi connectivity index (χ1) is 18.6. The molecule has 1 aliphatic carbocycles. The Kier molecular flexibility index (Phi) is 11.8. The summed E-state index contributed by atoms with van der Waals surface area (Å²) in [6, 6.07) is 8.67. The van der Waals surface area contributed by atoms with Gasteiger partial charge in [-0.05, 0) is 37.2 Å². The molecular weight excluding hydrogens is 512 g/mol. The van der Waals surface area contributed by atoms with Crippen LogP contribution in [-0.4, -0.2) is 50.2 Å². The minimum Gasteiger partial charge on any atom is -0.390 e. The number of hydrogen-bond donors (Lipinski definition) is 4. The zero-order valence-corrected chi connectivity index (χ0v) is 24.4. The van der Waals surface area contributed by atoms with Gasteiger partial charge in [-0.1, -0.05) is 76.3 Å². The quantitative estimate of drug-likeness (QED) is 0.270. The van der Waals surface area contributed by atoms with Crippen molar-refractivity contribution in [3.8, 4) is 0 Å². The first-order valence-electron chi connectivity index (χ1n) is 14.3. The predicted octanol–water partition coefficient (Wildman–Crippen LogP) is 4.46. The van der Waals surface area contributed by atoms with E-state index in [4.69, 9.17) is 11.5 Å². The number of benzene rings is 1. The lowest BCUT2D eigenvalue weighted by atomic mass is 9.81. The zero-order chi connectivity index (χ0) is 28.5. The summed E-state index contributed by atoms with van der Waals surface area (Å²) in [5.41, 5.74) is 13.0. The molecule has 6 N–H and O–H groups in total. The van der Waals surface area contributed by atoms with Gasteiger partial charge in [0.15, 0.2) is 5.13 Å². The van der Waals surface area contributed by atoms with Crippen LogP contribution in [0.2, 0.25) is 0 Å². The molecule has 9 heteroatoms. The molecule has 1 aliphatic rings. The van der Waals surface area contributed by atoms with Crippen molar-refractivity contribution >= 4 is 28.3 Å². The normalized spacial score (nSPS) is 18.3. The van der Waals surface area contributed by atoms with E-state index in [1.807, 2.05) is 51.1 Å². The number of nitrogen functional groups attached to an aromatic ring is 1. The highest BCUT2D eigenvalue weighted by Gasteiger charge is 2.41. The molecule has 5 atom stereocenters. The van der Waals surface area contributed by atoms with Gasteiger partial charge in [-0.25, -0.2) is 4.98 Å². The molecule has 0 saturated heterocycles. The number of nitrogens with two attached hydrogens (primary N) is 2. The van der Waals surface area contributed by atoms with Crippen molar-refractivity contribution in [2.75, 3.05) is 5.73 Å². The van der Waals surface area contributed by atoms with E-state index in [0.717, 1.165) is 31.2 Å². The van der Waals surface area contributed by atoms with Gasteiger partial charge in [0, 0.05) is 18.2 Å². The lowest BCUT2D eigenvalue weighted by Gasteiger charge is -2.44. The average Bonchev–Trinajstić information content (AvgIpc) is 3.32. The average molecular weight is 559 g/mol. The fraction of sp³-hybridized carbons (Fsp3) is 0.633. The van der Waals surface area contributed by atoms with Gasteiger partial charge in [0.2, 0.25) is 11.8 Å². The number of amides is 2. The van der Waals surface area contributed by atoms with Crippen molar-refractivity contribution in [3.05, 3.63) is 47.0 Å². The molecule has 1 saturated carbocycles. The van der Waals surface area contributed by atoms with Crippen LogP contribution in [0.4, 0.5) is 5.13 Å². The molecule has 1 aromatic heterocycles. The van der Waals surface area contributed by atoms with Crippen LogP contribution < -0.4 is 11.5 Å². The second-order valence-electron chi connectivity index (χ2n) is 11.6. The molecule has 1 heterocycles. The third-order valence-corrected chi connectivity index (χ3v) is 8.66. The Morgan fingerprint density at radius 1 is 1.10 bits per heavy atom. The van der Waals surface area contributed by atoms with Gasteiger partial charge in [-0.3, -0.25) is 9.59 Å². The summed E-state index contributed by atoms with van der Waals surface area (Å²) in [4.78, 5) is 32.7. The van der Waals surface area contributed by atoms with Crippen LogP contribution in [0.5, 0.6) is 0 Å². The van der Waals surface area contributed by atoms with Crippen LogP contribution in [-0.2, 0) is 16.0 Å². The molecule has 216 valence electrons. The molecule has 1 fully saturated rings. The van der Waals surface area contributed by atoms with E-state index in [1.54, 1.807) is 10.3 Å². The Bertz CT molecular complexity index is 1040. The molecule has 0 unspecified atom stereocenters. The summed E-state index contributed by atoms with van der Waals surface area (Å²) in [5.74, 6) is -1.09. The smallest absolute Gasteiger partial charge is 0.227 e. The van der Waals surface area contributed by atoms with E-state index in [1.165, 1.54) is 17.8 Å². The van der Waals surface area contributed by atoms with Crippen molar-refractivity contribution in [2.24, 2.45) is 23.5 Å². The number of aromatic nitrogens is 1. The molecule has 1 aromatic carbocycles. The fourth-order valence-corrected chi connectivity index (χ4v) is 6.54. The van der Waals surface area contributed by atoms with Crippen LogP contribution in [0, 0.1) is 17.8 Å². The van der Waals surface area contributed by atoms with Gasteiger partial charge >= 0.3 is 0 Å². The summed E-state index contributed by atoms with van der Waals surface area (Å²) >= 11 is 1.29. The van der Waals surface area contributed by atoms with E-state index < -0.39 is 36.1 Å². The van der Waals surface area contributed by atoms with Crippen LogP contribution in [0.25, 0.3) is 0 Å². The molecule has 0 bridgehead atoms. The minimum atomic E-state index is -1.13. The second-order valence-corrected chi connectivity index (χ2v) is 12.5. The highest BCUT2D eigenvalue weighted by molar-refractivity contribution is 7.13. The summed E-state index contributed by atoms with van der Waals surface area (Å²) in [7, 11) is 0. The third kappa shape index (κ3) is 9.01. The number of aliphatic hydroxyl groups is 2. The summed E-state index contributed by atoms with van der Waals surface area (Å²) < 4.78 is 0. The fourth-order valence-electron chi connectivity index (χ4n) is 5.96. The number of nitrogens with zero attached hydrogens (tertiary/aromatic N) is 2. The van der Waals surface area contributed by atoms with Crippen LogP contribution in [0.1, 0.15) is 89.4 Å². The van der Waals surface area contributed by atoms with Crippen LogP contribution >= 0.6 is 11.3 Å². The number of primary amides is 1. The number of anilines is 1. The lowest BCUT2D eigenvalue weighted by Crippen LogP contribution is -2.55. The zero-order valence-electron chi connectivity index (χ0n) is 23.5. The molecule has 0 radical (unpaired) electrons. The van der Waals surface area contributed by atoms with Crippen LogP contribution in [0.15, 0.2) is 35.7 Å². The molecule has 2 aromatic rings. The Labute approximate surface area is 236 Å². The van der Waals surface area contributed by atoms with E-state index in [-0.39, 0.29) is 24.7 Å². The molecule has 3 rings (SSSR count). The Hall–Kier alpha value is -2.49. The summed E-state index contributed by atoms with van der Waals surface area (Å²) in [6.45, 7) is 5.96. The number of rotatable bonds is 14. The van der Waals surface area contributed by atoms with Crippen molar-refractivity contribution in [1.82, 2.24) is 9.88 Å². The minimum absolute atomic E-state index is 0.144. The van der Waals surface area contributed by atoms with Crippen LogP contribution in [0.3, 0.4) is 0 Å². The molecule has 0 spiro atoms. The van der Waals surface area contributed by atoms with E-state index in [9.17, 15) is 19.8 Å². The van der Waals surface area contributed by atoms with Gasteiger partial charge in [0.1, 0.15) is 6.10 Å². The number of carbonyl (C=O) groups is 2. The molecule has 2 amide bonds. The maximum atomic E-state index is 14.5. The highest BCUT2D eigenvalue weighted by Crippen LogP contribution is 2.36. The van der Waals surface area contributed by atoms with Gasteiger partial charge in [-0.15, -0.1) is 11.3 Å². The van der Waals surface area contributed by atoms with Gasteiger partial charge in [-0.2, -0.15) is 0 Å². The first kappa shape index (κ1) is 31.0. The van der Waals surface area contributed by atoms with Gasteiger partial charge in [0.05, 0.1) is 29.8 Å². The van der Waals surface area contributed by atoms with E-state index in [2.05, 4.69) is 4.98 Å². The second kappa shape index (κ2) is 14.8. The summed E-state index contributed by atoms with van der Waals surface area (Å²) in [6.07, 6.45) is 4.49. The Morgan fingerprint density at radius 3 is 2.33 bits per heavy atom. The first-order valence-corrected chi connectivity index (χ1v) is 15.2. The maximum Gasteiger partial charge on any atom is 0.227 e. The van der Waals surface area contributed by atoms with Crippen molar-refractivity contribution in [2.45, 2.75) is 103 Å². The highest BCUT2D eigenvalue weighted by atomic mass is 32.1. The number of hydrogen-bond acceptors (Lipinski definition) is 7. The topological polar surface area (TPSA) is 143 Å². The monoisotopic (exact) mass is 558 g/mol. The van der Waals surface area contributed by atoms with Crippen molar-refractivity contribution < 1.29 is 19.8 Å². The SMILES string of the molecule is CC(C)C[C@H](O)[C@H](O)[C@H](CC1CCCCC1)N(C(=O)[C@@H](CC(N)=O)Cc1csc(N)n1)[C@@H](C)c1ccccc1. The van der Waals surface area contributed by atoms with E-state index in [0.29, 0.717) is 29.6 Å². The number of carbonyl (C=O) groups excluding carboxylic acids is 2. The van der Waals surface area contributed by atoms with Gasteiger partial charge in [0.25, 0.3) is 0 Å². The number of aliphatic hydroxyl groups excluding tert-OH is 2. The van der Waals surface area contributed by atoms with E-state index >= 15 is 0 Å². The Balaban J connectivity index is 2.05. The standard InChI is InChI=1S/C30H46N4O4S/c1-19(2)14-26(35)28(37)25(15-21-10-6-4-7-11-21)34(20(3)22-12-8-5-9-13-22)29(38)23(17-27(31)36)16-24-18-39-30(32)33-24/h5,8-9,12-13,18-21,23,25-26,28,35,37H,4,6-7,10-11,14-17H2,1-3H3,(H2,31,36)(H2,32,33)/t20-,23+,25-,26-,28+/m0/s1.